The first-order valence-corrected chi connectivity index (χ1v) is 8.07. The van der Waals surface area contributed by atoms with E-state index < -0.39 is 4.92 Å². The smallest absolute Gasteiger partial charge is 0.311 e. The number of fused-ring (bicyclic) bond motifs is 1. The third-order valence-corrected chi connectivity index (χ3v) is 4.10. The molecule has 0 saturated heterocycles. The number of ether oxygens (including phenoxy) is 1. The lowest BCUT2D eigenvalue weighted by molar-refractivity contribution is -0.385. The number of imidazole rings is 1. The molecule has 0 atom stereocenters. The van der Waals surface area contributed by atoms with Crippen molar-refractivity contribution in [2.24, 2.45) is 0 Å². The van der Waals surface area contributed by atoms with Crippen LogP contribution in [0.15, 0.2) is 47.6 Å². The lowest BCUT2D eigenvalue weighted by Crippen LogP contribution is -2.03. The predicted octanol–water partition coefficient (Wildman–Crippen LogP) is 3.95. The molecule has 1 aromatic heterocycles. The number of nitrogens with one attached hydrogen (secondary N) is 1. The summed E-state index contributed by atoms with van der Waals surface area (Å²) >= 11 is 1.52. The summed E-state index contributed by atoms with van der Waals surface area (Å²) in [5.41, 5.74) is 2.75. The maximum absolute atomic E-state index is 11.0. The Kier molecular flexibility index (Phi) is 4.47. The molecule has 7 heteroatoms. The van der Waals surface area contributed by atoms with Gasteiger partial charge in [-0.15, -0.1) is 0 Å². The number of H-pyrrole nitrogens is 1. The quantitative estimate of drug-likeness (QED) is 0.320. The minimum Gasteiger partial charge on any atom is -0.486 e. The fourth-order valence-corrected chi connectivity index (χ4v) is 2.88. The van der Waals surface area contributed by atoms with Gasteiger partial charge >= 0.3 is 5.69 Å². The van der Waals surface area contributed by atoms with Gasteiger partial charge in [0.1, 0.15) is 0 Å². The zero-order chi connectivity index (χ0) is 16.2. The van der Waals surface area contributed by atoms with Gasteiger partial charge in [0.2, 0.25) is 0 Å². The minimum atomic E-state index is -0.422. The van der Waals surface area contributed by atoms with Crippen LogP contribution >= 0.6 is 11.8 Å². The number of thioether (sulfide) groups is 1. The summed E-state index contributed by atoms with van der Waals surface area (Å²) in [4.78, 5) is 18.3. The van der Waals surface area contributed by atoms with Crippen LogP contribution in [0.5, 0.6) is 5.75 Å². The van der Waals surface area contributed by atoms with E-state index in [1.165, 1.54) is 17.8 Å². The molecule has 23 heavy (non-hydrogen) atoms. The Morgan fingerprint density at radius 1 is 1.30 bits per heavy atom. The molecule has 0 aliphatic carbocycles. The lowest BCUT2D eigenvalue weighted by Gasteiger charge is -2.06. The fourth-order valence-electron chi connectivity index (χ4n) is 2.18. The van der Waals surface area contributed by atoms with Crippen LogP contribution in [0, 0.1) is 17.0 Å². The Balaban J connectivity index is 1.58. The Morgan fingerprint density at radius 2 is 2.13 bits per heavy atom. The average molecular weight is 329 g/mol. The summed E-state index contributed by atoms with van der Waals surface area (Å²) in [5, 5.41) is 11.8. The van der Waals surface area contributed by atoms with Crippen LogP contribution in [0.4, 0.5) is 5.69 Å². The second kappa shape index (κ2) is 6.70. The first-order chi connectivity index (χ1) is 11.1. The molecule has 6 nitrogen and oxygen atoms in total. The number of rotatable bonds is 6. The van der Waals surface area contributed by atoms with E-state index >= 15 is 0 Å². The number of hydrogen-bond acceptors (Lipinski definition) is 5. The average Bonchev–Trinajstić information content (AvgIpc) is 2.95. The van der Waals surface area contributed by atoms with Crippen LogP contribution in [-0.2, 0) is 0 Å². The Hall–Kier alpha value is -2.54. The Labute approximate surface area is 137 Å². The highest BCUT2D eigenvalue weighted by molar-refractivity contribution is 7.99. The van der Waals surface area contributed by atoms with Gasteiger partial charge in [0.25, 0.3) is 0 Å². The number of aryl methyl sites for hydroxylation is 1. The molecule has 3 aromatic rings. The molecule has 0 spiro atoms. The molecule has 0 bridgehead atoms. The zero-order valence-corrected chi connectivity index (χ0v) is 13.3. The van der Waals surface area contributed by atoms with Crippen molar-refractivity contribution >= 4 is 28.5 Å². The van der Waals surface area contributed by atoms with Gasteiger partial charge in [-0.05, 0) is 30.7 Å². The van der Waals surface area contributed by atoms with E-state index in [2.05, 4.69) is 9.97 Å². The van der Waals surface area contributed by atoms with Gasteiger partial charge in [-0.25, -0.2) is 4.98 Å². The van der Waals surface area contributed by atoms with Crippen LogP contribution in [0.25, 0.3) is 11.0 Å². The SMILES string of the molecule is Cc1ccc(OCCSc2nc3ccccc3[nH]2)c([N+](=O)[O-])c1. The van der Waals surface area contributed by atoms with Crippen molar-refractivity contribution in [2.45, 2.75) is 12.1 Å². The second-order valence-corrected chi connectivity index (χ2v) is 6.07. The monoisotopic (exact) mass is 329 g/mol. The standard InChI is InChI=1S/C16H15N3O3S/c1-11-6-7-15(14(10-11)19(20)21)22-8-9-23-16-17-12-4-2-3-5-13(12)18-16/h2-7,10H,8-9H2,1H3,(H,17,18). The van der Waals surface area contributed by atoms with E-state index in [-0.39, 0.29) is 5.69 Å². The van der Waals surface area contributed by atoms with Crippen molar-refractivity contribution in [3.05, 3.63) is 58.1 Å². The molecular weight excluding hydrogens is 314 g/mol. The highest BCUT2D eigenvalue weighted by Gasteiger charge is 2.15. The van der Waals surface area contributed by atoms with Gasteiger partial charge in [0.15, 0.2) is 10.9 Å². The normalized spacial score (nSPS) is 10.8. The number of hydrogen-bond donors (Lipinski definition) is 1. The van der Waals surface area contributed by atoms with E-state index in [1.807, 2.05) is 31.2 Å². The number of benzene rings is 2. The van der Waals surface area contributed by atoms with E-state index in [0.29, 0.717) is 18.1 Å². The largest absolute Gasteiger partial charge is 0.486 e. The molecule has 0 aliphatic heterocycles. The number of nitro benzene ring substituents is 1. The third-order valence-electron chi connectivity index (χ3n) is 3.26. The van der Waals surface area contributed by atoms with Crippen LogP contribution in [-0.4, -0.2) is 27.3 Å². The molecular formula is C16H15N3O3S. The highest BCUT2D eigenvalue weighted by Crippen LogP contribution is 2.28. The molecule has 1 N–H and O–H groups in total. The third kappa shape index (κ3) is 3.62. The van der Waals surface area contributed by atoms with Crippen molar-refractivity contribution in [3.63, 3.8) is 0 Å². The predicted molar refractivity (Wildman–Crippen MR) is 90.1 cm³/mol. The molecule has 3 rings (SSSR count). The number of nitrogens with zero attached hydrogens (tertiary/aromatic N) is 2. The van der Waals surface area contributed by atoms with E-state index in [9.17, 15) is 10.1 Å². The van der Waals surface area contributed by atoms with Crippen molar-refractivity contribution < 1.29 is 9.66 Å². The van der Waals surface area contributed by atoms with Crippen LogP contribution < -0.4 is 4.74 Å². The molecule has 0 fully saturated rings. The first kappa shape index (κ1) is 15.4. The molecule has 0 radical (unpaired) electrons. The van der Waals surface area contributed by atoms with Gasteiger partial charge < -0.3 is 9.72 Å². The number of para-hydroxylation sites is 2. The molecule has 0 amide bonds. The molecule has 1 heterocycles. The Morgan fingerprint density at radius 3 is 2.91 bits per heavy atom. The summed E-state index contributed by atoms with van der Waals surface area (Å²) in [7, 11) is 0. The Bertz CT molecular complexity index is 814. The van der Waals surface area contributed by atoms with Crippen LogP contribution in [0.3, 0.4) is 0 Å². The maximum atomic E-state index is 11.0. The van der Waals surface area contributed by atoms with E-state index in [0.717, 1.165) is 21.8 Å². The zero-order valence-electron chi connectivity index (χ0n) is 12.5. The van der Waals surface area contributed by atoms with Crippen molar-refractivity contribution in [3.8, 4) is 5.75 Å². The van der Waals surface area contributed by atoms with Gasteiger partial charge in [0, 0.05) is 11.8 Å². The topological polar surface area (TPSA) is 81.0 Å². The maximum Gasteiger partial charge on any atom is 0.311 e. The first-order valence-electron chi connectivity index (χ1n) is 7.09. The number of nitro groups is 1. The fraction of sp³-hybridized carbons (Fsp3) is 0.188. The lowest BCUT2D eigenvalue weighted by atomic mass is 10.2. The van der Waals surface area contributed by atoms with E-state index in [4.69, 9.17) is 4.74 Å². The summed E-state index contributed by atoms with van der Waals surface area (Å²) in [6.45, 7) is 2.18. The van der Waals surface area contributed by atoms with Crippen molar-refractivity contribution in [1.29, 1.82) is 0 Å². The van der Waals surface area contributed by atoms with Gasteiger partial charge in [0.05, 0.1) is 22.6 Å². The molecule has 0 saturated carbocycles. The molecule has 118 valence electrons. The summed E-state index contributed by atoms with van der Waals surface area (Å²) in [5.74, 6) is 0.941. The van der Waals surface area contributed by atoms with Crippen molar-refractivity contribution in [2.75, 3.05) is 12.4 Å². The van der Waals surface area contributed by atoms with Crippen molar-refractivity contribution in [1.82, 2.24) is 9.97 Å². The summed E-state index contributed by atoms with van der Waals surface area (Å²) in [6, 6.07) is 12.8. The van der Waals surface area contributed by atoms with Gasteiger partial charge in [-0.2, -0.15) is 0 Å². The molecule has 0 aliphatic rings. The second-order valence-electron chi connectivity index (χ2n) is 4.98. The van der Waals surface area contributed by atoms with Gasteiger partial charge in [-0.3, -0.25) is 10.1 Å². The number of aromatic amines is 1. The summed E-state index contributed by atoms with van der Waals surface area (Å²) in [6.07, 6.45) is 0. The number of aromatic nitrogens is 2. The van der Waals surface area contributed by atoms with Crippen LogP contribution in [0.1, 0.15) is 5.56 Å². The summed E-state index contributed by atoms with van der Waals surface area (Å²) < 4.78 is 5.55. The minimum absolute atomic E-state index is 0.00117. The van der Waals surface area contributed by atoms with Gasteiger partial charge in [-0.1, -0.05) is 30.0 Å². The van der Waals surface area contributed by atoms with Crippen LogP contribution in [0.2, 0.25) is 0 Å². The highest BCUT2D eigenvalue weighted by atomic mass is 32.2. The molecule has 2 aromatic carbocycles. The van der Waals surface area contributed by atoms with E-state index in [1.54, 1.807) is 12.1 Å². The molecule has 0 unspecified atom stereocenters.